The van der Waals surface area contributed by atoms with Gasteiger partial charge in [-0.3, -0.25) is 4.98 Å². The van der Waals surface area contributed by atoms with Crippen LogP contribution in [0.3, 0.4) is 0 Å². The smallest absolute Gasteiger partial charge is 0.115 e. The molecular formula is C15H21N3S. The molecule has 0 bridgehead atoms. The molecule has 2 aromatic rings. The van der Waals surface area contributed by atoms with Gasteiger partial charge in [-0.2, -0.15) is 0 Å². The summed E-state index contributed by atoms with van der Waals surface area (Å²) in [4.78, 5) is 10.3. The van der Waals surface area contributed by atoms with Gasteiger partial charge < -0.3 is 5.32 Å². The van der Waals surface area contributed by atoms with Crippen LogP contribution in [0.4, 0.5) is 0 Å². The van der Waals surface area contributed by atoms with Crippen molar-refractivity contribution in [2.24, 2.45) is 0 Å². The van der Waals surface area contributed by atoms with Gasteiger partial charge >= 0.3 is 0 Å². The summed E-state index contributed by atoms with van der Waals surface area (Å²) >= 11 is 1.77. The molecule has 2 heterocycles. The van der Waals surface area contributed by atoms with Crippen molar-refractivity contribution in [1.29, 1.82) is 0 Å². The van der Waals surface area contributed by atoms with Gasteiger partial charge in [0.25, 0.3) is 0 Å². The third-order valence-electron chi connectivity index (χ3n) is 3.18. The van der Waals surface area contributed by atoms with Gasteiger partial charge in [-0.15, -0.1) is 11.3 Å². The van der Waals surface area contributed by atoms with E-state index in [4.69, 9.17) is 4.98 Å². The van der Waals surface area contributed by atoms with Crippen molar-refractivity contribution < 1.29 is 0 Å². The lowest BCUT2D eigenvalue weighted by Crippen LogP contribution is -2.29. The van der Waals surface area contributed by atoms with E-state index >= 15 is 0 Å². The maximum atomic E-state index is 4.71. The number of hydrogen-bond acceptors (Lipinski definition) is 4. The number of aromatic nitrogens is 2. The second-order valence-electron chi connectivity index (χ2n) is 5.18. The highest BCUT2D eigenvalue weighted by atomic mass is 32.1. The van der Waals surface area contributed by atoms with Crippen LogP contribution in [0.25, 0.3) is 0 Å². The molecule has 0 saturated heterocycles. The van der Waals surface area contributed by atoms with Crippen LogP contribution in [-0.4, -0.2) is 16.0 Å². The van der Waals surface area contributed by atoms with Crippen LogP contribution in [0.5, 0.6) is 0 Å². The number of thiazole rings is 1. The molecule has 0 amide bonds. The van der Waals surface area contributed by atoms with E-state index in [0.717, 1.165) is 10.7 Å². The Morgan fingerprint density at radius 2 is 1.95 bits per heavy atom. The van der Waals surface area contributed by atoms with Crippen LogP contribution in [0.15, 0.2) is 18.5 Å². The second-order valence-corrected chi connectivity index (χ2v) is 6.42. The van der Waals surface area contributed by atoms with Crippen molar-refractivity contribution in [3.8, 4) is 0 Å². The minimum Gasteiger partial charge on any atom is -0.302 e. The predicted molar refractivity (Wildman–Crippen MR) is 80.7 cm³/mol. The summed E-state index contributed by atoms with van der Waals surface area (Å²) in [5, 5.41) is 4.73. The first-order valence-electron chi connectivity index (χ1n) is 6.59. The van der Waals surface area contributed by atoms with Gasteiger partial charge in [0.05, 0.1) is 11.7 Å². The van der Waals surface area contributed by atoms with Crippen LogP contribution in [0.1, 0.15) is 46.6 Å². The van der Waals surface area contributed by atoms with Crippen molar-refractivity contribution >= 4 is 11.3 Å². The number of pyridine rings is 1. The summed E-state index contributed by atoms with van der Waals surface area (Å²) in [6, 6.07) is 2.58. The van der Waals surface area contributed by atoms with E-state index in [0.29, 0.717) is 6.04 Å². The summed E-state index contributed by atoms with van der Waals surface area (Å²) in [6.07, 6.45) is 3.78. The van der Waals surface area contributed by atoms with Crippen molar-refractivity contribution in [1.82, 2.24) is 15.3 Å². The average Bonchev–Trinajstić information content (AvgIpc) is 2.67. The zero-order valence-electron chi connectivity index (χ0n) is 12.2. The summed E-state index contributed by atoms with van der Waals surface area (Å²) in [6.45, 7) is 10.6. The number of rotatable bonds is 4. The first kappa shape index (κ1) is 14.2. The number of hydrogen-bond donors (Lipinski definition) is 1. The van der Waals surface area contributed by atoms with Crippen molar-refractivity contribution in [3.63, 3.8) is 0 Å². The van der Waals surface area contributed by atoms with Gasteiger partial charge in [0.1, 0.15) is 5.01 Å². The van der Waals surface area contributed by atoms with Crippen molar-refractivity contribution in [3.05, 3.63) is 45.2 Å². The van der Waals surface area contributed by atoms with E-state index < -0.39 is 0 Å². The van der Waals surface area contributed by atoms with Gasteiger partial charge in [0, 0.05) is 23.3 Å². The molecule has 2 rings (SSSR count). The van der Waals surface area contributed by atoms with E-state index in [-0.39, 0.29) is 6.04 Å². The molecule has 1 N–H and O–H groups in total. The molecule has 4 heteroatoms. The molecular weight excluding hydrogens is 254 g/mol. The molecule has 0 aliphatic heterocycles. The van der Waals surface area contributed by atoms with Crippen molar-refractivity contribution in [2.75, 3.05) is 0 Å². The largest absolute Gasteiger partial charge is 0.302 e. The third-order valence-corrected chi connectivity index (χ3v) is 4.32. The Morgan fingerprint density at radius 3 is 2.47 bits per heavy atom. The van der Waals surface area contributed by atoms with Gasteiger partial charge in [-0.25, -0.2) is 4.98 Å². The lowest BCUT2D eigenvalue weighted by molar-refractivity contribution is 0.524. The highest BCUT2D eigenvalue weighted by Gasteiger charge is 2.21. The number of nitrogens with one attached hydrogen (secondary N) is 1. The van der Waals surface area contributed by atoms with E-state index in [1.807, 2.05) is 12.4 Å². The summed E-state index contributed by atoms with van der Waals surface area (Å²) in [5.74, 6) is 0. The van der Waals surface area contributed by atoms with Crippen LogP contribution >= 0.6 is 11.3 Å². The summed E-state index contributed by atoms with van der Waals surface area (Å²) < 4.78 is 0. The molecule has 1 unspecified atom stereocenters. The summed E-state index contributed by atoms with van der Waals surface area (Å²) in [7, 11) is 0. The lowest BCUT2D eigenvalue weighted by Gasteiger charge is -2.21. The van der Waals surface area contributed by atoms with E-state index in [2.05, 4.69) is 51.0 Å². The van der Waals surface area contributed by atoms with Crippen LogP contribution in [0.2, 0.25) is 0 Å². The molecule has 0 spiro atoms. The van der Waals surface area contributed by atoms with E-state index in [1.165, 1.54) is 16.0 Å². The fourth-order valence-electron chi connectivity index (χ4n) is 2.03. The molecule has 0 saturated carbocycles. The molecule has 19 heavy (non-hydrogen) atoms. The van der Waals surface area contributed by atoms with E-state index in [1.54, 1.807) is 11.3 Å². The number of aryl methyl sites for hydroxylation is 3. The normalized spacial score (nSPS) is 12.9. The van der Waals surface area contributed by atoms with Crippen LogP contribution < -0.4 is 5.32 Å². The first-order valence-corrected chi connectivity index (χ1v) is 7.41. The SMILES string of the molecule is Cc1ccncc1C(NC(C)C)c1nc(C)c(C)s1. The monoisotopic (exact) mass is 275 g/mol. The van der Waals surface area contributed by atoms with E-state index in [9.17, 15) is 0 Å². The molecule has 0 fully saturated rings. The predicted octanol–water partition coefficient (Wildman–Crippen LogP) is 3.55. The lowest BCUT2D eigenvalue weighted by atomic mass is 10.0. The molecule has 1 atom stereocenters. The topological polar surface area (TPSA) is 37.8 Å². The maximum absolute atomic E-state index is 4.71. The Labute approximate surface area is 119 Å². The minimum atomic E-state index is 0.131. The van der Waals surface area contributed by atoms with Gasteiger partial charge in [0.2, 0.25) is 0 Å². The Morgan fingerprint density at radius 1 is 1.21 bits per heavy atom. The molecule has 0 aliphatic carbocycles. The fourth-order valence-corrected chi connectivity index (χ4v) is 3.03. The Balaban J connectivity index is 2.44. The Hall–Kier alpha value is -1.26. The highest BCUT2D eigenvalue weighted by molar-refractivity contribution is 7.11. The van der Waals surface area contributed by atoms with Crippen LogP contribution in [-0.2, 0) is 0 Å². The Bertz CT molecular complexity index is 541. The standard InChI is InChI=1S/C15H21N3S/c1-9(2)17-14(13-8-16-7-6-10(13)3)15-18-11(4)12(5)19-15/h6-9,14,17H,1-5H3. The average molecular weight is 275 g/mol. The number of nitrogens with zero attached hydrogens (tertiary/aromatic N) is 2. The second kappa shape index (κ2) is 5.80. The van der Waals surface area contributed by atoms with Gasteiger partial charge in [-0.05, 0) is 51.8 Å². The molecule has 2 aromatic heterocycles. The summed E-state index contributed by atoms with van der Waals surface area (Å²) in [5.41, 5.74) is 3.58. The molecule has 0 aliphatic rings. The molecule has 3 nitrogen and oxygen atoms in total. The first-order chi connectivity index (χ1) is 8.99. The highest BCUT2D eigenvalue weighted by Crippen LogP contribution is 2.29. The fraction of sp³-hybridized carbons (Fsp3) is 0.467. The Kier molecular flexibility index (Phi) is 4.32. The van der Waals surface area contributed by atoms with Crippen LogP contribution in [0, 0.1) is 20.8 Å². The van der Waals surface area contributed by atoms with Gasteiger partial charge in [-0.1, -0.05) is 0 Å². The third kappa shape index (κ3) is 3.19. The van der Waals surface area contributed by atoms with Gasteiger partial charge in [0.15, 0.2) is 0 Å². The van der Waals surface area contributed by atoms with Crippen molar-refractivity contribution in [2.45, 2.75) is 46.7 Å². The quantitative estimate of drug-likeness (QED) is 0.927. The minimum absolute atomic E-state index is 0.131. The molecule has 0 aromatic carbocycles. The molecule has 102 valence electrons. The zero-order chi connectivity index (χ0) is 14.0. The zero-order valence-corrected chi connectivity index (χ0v) is 13.0. The molecule has 0 radical (unpaired) electrons. The maximum Gasteiger partial charge on any atom is 0.115 e.